The Bertz CT molecular complexity index is 362. The van der Waals surface area contributed by atoms with Gasteiger partial charge in [0.2, 0.25) is 0 Å². The Morgan fingerprint density at radius 1 is 1.12 bits per heavy atom. The number of benzene rings is 1. The highest BCUT2D eigenvalue weighted by atomic mass is 16.1. The summed E-state index contributed by atoms with van der Waals surface area (Å²) in [5, 5.41) is 0. The quantitative estimate of drug-likeness (QED) is 0.503. The summed E-state index contributed by atoms with van der Waals surface area (Å²) in [6.45, 7) is 4.26. The van der Waals surface area contributed by atoms with E-state index in [-0.39, 0.29) is 0 Å². The van der Waals surface area contributed by atoms with Gasteiger partial charge in [-0.25, -0.2) is 0 Å². The van der Waals surface area contributed by atoms with Gasteiger partial charge in [0.05, 0.1) is 0 Å². The van der Waals surface area contributed by atoms with E-state index in [0.717, 1.165) is 44.0 Å². The van der Waals surface area contributed by atoms with Gasteiger partial charge < -0.3 is 0 Å². The van der Waals surface area contributed by atoms with Crippen LogP contribution in [-0.2, 0) is 11.2 Å². The van der Waals surface area contributed by atoms with E-state index in [1.165, 1.54) is 11.1 Å². The molecule has 0 heterocycles. The Balaban J connectivity index is 2.66. The molecule has 0 amide bonds. The number of carbonyl (C=O) groups excluding carboxylic acids is 1. The lowest BCUT2D eigenvalue weighted by Crippen LogP contribution is -1.96. The predicted octanol–water partition coefficient (Wildman–Crippen LogP) is 4.32. The number of allylic oxidation sites excluding steroid dienone is 2. The van der Waals surface area contributed by atoms with Crippen molar-refractivity contribution in [3.8, 4) is 0 Å². The van der Waals surface area contributed by atoms with Gasteiger partial charge in [-0.15, -0.1) is 0 Å². The molecule has 0 aliphatic rings. The van der Waals surface area contributed by atoms with Crippen LogP contribution in [0.3, 0.4) is 0 Å². The number of rotatable bonds is 7. The lowest BCUT2D eigenvalue weighted by molar-refractivity contribution is -0.105. The molecule has 1 rings (SSSR count). The van der Waals surface area contributed by atoms with Crippen molar-refractivity contribution in [2.45, 2.75) is 46.0 Å². The van der Waals surface area contributed by atoms with Gasteiger partial charge in [-0.05, 0) is 36.8 Å². The van der Waals surface area contributed by atoms with E-state index in [1.54, 1.807) is 0 Å². The summed E-state index contributed by atoms with van der Waals surface area (Å²) in [6, 6.07) is 10.5. The number of aryl methyl sites for hydroxylation is 1. The Hall–Kier alpha value is -1.37. The van der Waals surface area contributed by atoms with Crippen molar-refractivity contribution in [3.05, 3.63) is 47.0 Å². The van der Waals surface area contributed by atoms with E-state index in [2.05, 4.69) is 38.1 Å². The summed E-state index contributed by atoms with van der Waals surface area (Å²) in [7, 11) is 0. The molecule has 0 atom stereocenters. The van der Waals surface area contributed by atoms with Crippen molar-refractivity contribution < 1.29 is 4.79 Å². The van der Waals surface area contributed by atoms with Gasteiger partial charge in [0.1, 0.15) is 6.29 Å². The SMILES string of the molecule is CCC/C(C=O)=C(\CC)CCc1ccccc1. The molecule has 1 heteroatoms. The Kier molecular flexibility index (Phi) is 6.31. The molecule has 17 heavy (non-hydrogen) atoms. The summed E-state index contributed by atoms with van der Waals surface area (Å²) in [6.07, 6.45) is 6.04. The molecule has 0 N–H and O–H groups in total. The minimum absolute atomic E-state index is 0.918. The summed E-state index contributed by atoms with van der Waals surface area (Å²) < 4.78 is 0. The Morgan fingerprint density at radius 2 is 1.82 bits per heavy atom. The van der Waals surface area contributed by atoms with Gasteiger partial charge in [0.25, 0.3) is 0 Å². The smallest absolute Gasteiger partial charge is 0.145 e. The standard InChI is InChI=1S/C16H22O/c1-3-8-16(13-17)15(4-2)12-11-14-9-6-5-7-10-14/h5-7,9-10,13H,3-4,8,11-12H2,1-2H3/b16-15-. The normalized spacial score (nSPS) is 12.1. The second-order valence-corrected chi connectivity index (χ2v) is 4.34. The molecule has 0 saturated heterocycles. The maximum absolute atomic E-state index is 11.0. The van der Waals surface area contributed by atoms with Crippen LogP contribution < -0.4 is 0 Å². The van der Waals surface area contributed by atoms with Crippen molar-refractivity contribution in [2.24, 2.45) is 0 Å². The monoisotopic (exact) mass is 230 g/mol. The molecule has 0 aliphatic heterocycles. The topological polar surface area (TPSA) is 17.1 Å². The molecule has 1 aromatic carbocycles. The number of aldehydes is 1. The average molecular weight is 230 g/mol. The van der Waals surface area contributed by atoms with Crippen molar-refractivity contribution in [1.82, 2.24) is 0 Å². The summed E-state index contributed by atoms with van der Waals surface area (Å²) in [5.41, 5.74) is 3.69. The van der Waals surface area contributed by atoms with Crippen LogP contribution in [0.4, 0.5) is 0 Å². The fourth-order valence-corrected chi connectivity index (χ4v) is 2.09. The number of hydrogen-bond acceptors (Lipinski definition) is 1. The molecule has 0 aliphatic carbocycles. The molecule has 1 nitrogen and oxygen atoms in total. The van der Waals surface area contributed by atoms with E-state index in [1.807, 2.05) is 6.07 Å². The second-order valence-electron chi connectivity index (χ2n) is 4.34. The molecule has 0 aromatic heterocycles. The van der Waals surface area contributed by atoms with Crippen LogP contribution in [0.15, 0.2) is 41.5 Å². The summed E-state index contributed by atoms with van der Waals surface area (Å²) in [5.74, 6) is 0. The molecule has 92 valence electrons. The first-order chi connectivity index (χ1) is 8.31. The van der Waals surface area contributed by atoms with Crippen LogP contribution in [-0.4, -0.2) is 6.29 Å². The Morgan fingerprint density at radius 3 is 2.35 bits per heavy atom. The van der Waals surface area contributed by atoms with Crippen LogP contribution >= 0.6 is 0 Å². The van der Waals surface area contributed by atoms with Crippen molar-refractivity contribution in [2.75, 3.05) is 0 Å². The number of carbonyl (C=O) groups is 1. The minimum Gasteiger partial charge on any atom is -0.298 e. The fraction of sp³-hybridized carbons (Fsp3) is 0.438. The predicted molar refractivity (Wildman–Crippen MR) is 73.1 cm³/mol. The van der Waals surface area contributed by atoms with E-state index < -0.39 is 0 Å². The molecule has 0 spiro atoms. The molecule has 0 radical (unpaired) electrons. The third-order valence-electron chi connectivity index (χ3n) is 3.10. The zero-order valence-corrected chi connectivity index (χ0v) is 10.9. The van der Waals surface area contributed by atoms with Crippen LogP contribution in [0, 0.1) is 0 Å². The van der Waals surface area contributed by atoms with Crippen LogP contribution in [0.2, 0.25) is 0 Å². The maximum atomic E-state index is 11.0. The van der Waals surface area contributed by atoms with E-state index in [9.17, 15) is 4.79 Å². The van der Waals surface area contributed by atoms with Crippen LogP contribution in [0.25, 0.3) is 0 Å². The highest BCUT2D eigenvalue weighted by Crippen LogP contribution is 2.18. The van der Waals surface area contributed by atoms with Crippen LogP contribution in [0.1, 0.15) is 45.1 Å². The number of hydrogen-bond donors (Lipinski definition) is 0. The molecule has 1 aromatic rings. The zero-order chi connectivity index (χ0) is 12.5. The van der Waals surface area contributed by atoms with Gasteiger partial charge in [0.15, 0.2) is 0 Å². The highest BCUT2D eigenvalue weighted by molar-refractivity contribution is 5.74. The first-order valence-corrected chi connectivity index (χ1v) is 6.51. The van der Waals surface area contributed by atoms with Crippen molar-refractivity contribution >= 4 is 6.29 Å². The molecule has 0 bridgehead atoms. The van der Waals surface area contributed by atoms with Gasteiger partial charge in [-0.1, -0.05) is 56.2 Å². The second kappa shape index (κ2) is 7.83. The third kappa shape index (κ3) is 4.56. The first-order valence-electron chi connectivity index (χ1n) is 6.51. The molecular formula is C16H22O. The van der Waals surface area contributed by atoms with Crippen molar-refractivity contribution in [3.63, 3.8) is 0 Å². The van der Waals surface area contributed by atoms with Crippen LogP contribution in [0.5, 0.6) is 0 Å². The van der Waals surface area contributed by atoms with Gasteiger partial charge in [-0.2, -0.15) is 0 Å². The maximum Gasteiger partial charge on any atom is 0.145 e. The largest absolute Gasteiger partial charge is 0.298 e. The van der Waals surface area contributed by atoms with Gasteiger partial charge in [0, 0.05) is 0 Å². The van der Waals surface area contributed by atoms with Gasteiger partial charge >= 0.3 is 0 Å². The summed E-state index contributed by atoms with van der Waals surface area (Å²) >= 11 is 0. The average Bonchev–Trinajstić information content (AvgIpc) is 2.39. The Labute approximate surface area is 105 Å². The lowest BCUT2D eigenvalue weighted by Gasteiger charge is -2.09. The van der Waals surface area contributed by atoms with Crippen molar-refractivity contribution in [1.29, 1.82) is 0 Å². The van der Waals surface area contributed by atoms with E-state index in [0.29, 0.717) is 0 Å². The molecular weight excluding hydrogens is 208 g/mol. The zero-order valence-electron chi connectivity index (χ0n) is 10.9. The highest BCUT2D eigenvalue weighted by Gasteiger charge is 2.04. The first kappa shape index (κ1) is 13.7. The molecule has 0 unspecified atom stereocenters. The minimum atomic E-state index is 0.918. The van der Waals surface area contributed by atoms with Gasteiger partial charge in [-0.3, -0.25) is 4.79 Å². The summed E-state index contributed by atoms with van der Waals surface area (Å²) in [4.78, 5) is 11.0. The fourth-order valence-electron chi connectivity index (χ4n) is 2.09. The third-order valence-corrected chi connectivity index (χ3v) is 3.10. The lowest BCUT2D eigenvalue weighted by atomic mass is 9.96. The van der Waals surface area contributed by atoms with E-state index in [4.69, 9.17) is 0 Å². The molecule has 0 saturated carbocycles. The van der Waals surface area contributed by atoms with E-state index >= 15 is 0 Å². The molecule has 0 fully saturated rings.